The molecule has 0 saturated carbocycles. The lowest BCUT2D eigenvalue weighted by Crippen LogP contribution is -2.18. The molecule has 23 heavy (non-hydrogen) atoms. The van der Waals surface area contributed by atoms with E-state index in [0.717, 1.165) is 11.1 Å². The highest BCUT2D eigenvalue weighted by molar-refractivity contribution is 5.65. The molecule has 1 aromatic heterocycles. The van der Waals surface area contributed by atoms with E-state index >= 15 is 0 Å². The molecule has 0 atom stereocenters. The molecule has 5 nitrogen and oxygen atoms in total. The van der Waals surface area contributed by atoms with Crippen molar-refractivity contribution in [1.29, 1.82) is 5.26 Å². The van der Waals surface area contributed by atoms with Gasteiger partial charge in [0.1, 0.15) is 5.75 Å². The summed E-state index contributed by atoms with van der Waals surface area (Å²) in [6, 6.07) is 16.8. The molecule has 0 unspecified atom stereocenters. The molecule has 0 aliphatic carbocycles. The minimum atomic E-state index is -0.288. The Labute approximate surface area is 133 Å². The van der Waals surface area contributed by atoms with Crippen LogP contribution in [0.3, 0.4) is 0 Å². The molecule has 0 spiro atoms. The highest BCUT2D eigenvalue weighted by atomic mass is 16.5. The van der Waals surface area contributed by atoms with Crippen molar-refractivity contribution in [2.24, 2.45) is 7.05 Å². The van der Waals surface area contributed by atoms with Crippen LogP contribution in [0.1, 0.15) is 5.56 Å². The Morgan fingerprint density at radius 3 is 2.26 bits per heavy atom. The standard InChI is InChI=1S/C18H13N3O2/c1-21-11-10-20-17(18(21)22)23-16-8-6-15(7-9-16)14-4-2-13(12-19)3-5-14/h2-11H,1H3. The third-order valence-corrected chi connectivity index (χ3v) is 3.40. The number of benzene rings is 2. The molecule has 112 valence electrons. The van der Waals surface area contributed by atoms with Crippen LogP contribution in [-0.2, 0) is 7.05 Å². The number of hydrogen-bond donors (Lipinski definition) is 0. The first-order valence-corrected chi connectivity index (χ1v) is 6.97. The van der Waals surface area contributed by atoms with Crippen molar-refractivity contribution >= 4 is 0 Å². The average molecular weight is 303 g/mol. The number of nitrogens with zero attached hydrogens (tertiary/aromatic N) is 3. The van der Waals surface area contributed by atoms with Gasteiger partial charge in [0.2, 0.25) is 0 Å². The van der Waals surface area contributed by atoms with E-state index < -0.39 is 0 Å². The Morgan fingerprint density at radius 2 is 1.65 bits per heavy atom. The van der Waals surface area contributed by atoms with Crippen LogP contribution in [0.25, 0.3) is 11.1 Å². The topological polar surface area (TPSA) is 67.9 Å². The summed E-state index contributed by atoms with van der Waals surface area (Å²) in [7, 11) is 1.64. The molecular weight excluding hydrogens is 290 g/mol. The van der Waals surface area contributed by atoms with E-state index in [0.29, 0.717) is 11.3 Å². The normalized spacial score (nSPS) is 10.1. The Bertz CT molecular complexity index is 920. The zero-order chi connectivity index (χ0) is 16.2. The van der Waals surface area contributed by atoms with Crippen molar-refractivity contribution in [2.75, 3.05) is 0 Å². The lowest BCUT2D eigenvalue weighted by atomic mass is 10.0. The smallest absolute Gasteiger partial charge is 0.313 e. The van der Waals surface area contributed by atoms with Crippen molar-refractivity contribution in [3.63, 3.8) is 0 Å². The van der Waals surface area contributed by atoms with Crippen LogP contribution in [0.15, 0.2) is 65.7 Å². The minimum Gasteiger partial charge on any atom is -0.435 e. The van der Waals surface area contributed by atoms with Crippen molar-refractivity contribution < 1.29 is 4.74 Å². The molecule has 3 aromatic rings. The zero-order valence-electron chi connectivity index (χ0n) is 12.4. The SMILES string of the molecule is Cn1ccnc(Oc2ccc(-c3ccc(C#N)cc3)cc2)c1=O. The monoisotopic (exact) mass is 303 g/mol. The van der Waals surface area contributed by atoms with Crippen molar-refractivity contribution in [1.82, 2.24) is 9.55 Å². The Morgan fingerprint density at radius 1 is 1.04 bits per heavy atom. The number of ether oxygens (including phenoxy) is 1. The molecule has 5 heteroatoms. The average Bonchev–Trinajstić information content (AvgIpc) is 2.60. The first-order valence-electron chi connectivity index (χ1n) is 6.97. The summed E-state index contributed by atoms with van der Waals surface area (Å²) in [5, 5.41) is 8.82. The fourth-order valence-corrected chi connectivity index (χ4v) is 2.11. The fourth-order valence-electron chi connectivity index (χ4n) is 2.11. The van der Waals surface area contributed by atoms with E-state index in [-0.39, 0.29) is 11.4 Å². The van der Waals surface area contributed by atoms with E-state index in [4.69, 9.17) is 10.00 Å². The molecule has 0 radical (unpaired) electrons. The molecule has 0 saturated heterocycles. The maximum atomic E-state index is 11.9. The number of rotatable bonds is 3. The molecular formula is C18H13N3O2. The van der Waals surface area contributed by atoms with Gasteiger partial charge in [-0.15, -0.1) is 0 Å². The van der Waals surface area contributed by atoms with Crippen LogP contribution in [0.4, 0.5) is 0 Å². The molecule has 0 N–H and O–H groups in total. The van der Waals surface area contributed by atoms with Crippen molar-refractivity contribution in [3.8, 4) is 28.8 Å². The third-order valence-electron chi connectivity index (χ3n) is 3.40. The summed E-state index contributed by atoms with van der Waals surface area (Å²) < 4.78 is 6.94. The number of aromatic nitrogens is 2. The highest BCUT2D eigenvalue weighted by Gasteiger charge is 2.06. The van der Waals surface area contributed by atoms with Crippen LogP contribution in [0.5, 0.6) is 11.6 Å². The summed E-state index contributed by atoms with van der Waals surface area (Å²) in [6.07, 6.45) is 3.09. The first-order chi connectivity index (χ1) is 11.2. The number of hydrogen-bond acceptors (Lipinski definition) is 4. The summed E-state index contributed by atoms with van der Waals surface area (Å²) in [4.78, 5) is 15.8. The van der Waals surface area contributed by atoms with Gasteiger partial charge in [0.15, 0.2) is 0 Å². The lowest BCUT2D eigenvalue weighted by molar-refractivity contribution is 0.448. The third kappa shape index (κ3) is 3.11. The summed E-state index contributed by atoms with van der Waals surface area (Å²) >= 11 is 0. The van der Waals surface area contributed by atoms with Crippen LogP contribution in [0.2, 0.25) is 0 Å². The molecule has 3 rings (SSSR count). The first kappa shape index (κ1) is 14.5. The maximum absolute atomic E-state index is 11.9. The molecule has 0 amide bonds. The second kappa shape index (κ2) is 6.16. The van der Waals surface area contributed by atoms with Crippen molar-refractivity contribution in [3.05, 3.63) is 76.8 Å². The Kier molecular flexibility index (Phi) is 3.89. The summed E-state index contributed by atoms with van der Waals surface area (Å²) in [5.74, 6) is 0.583. The van der Waals surface area contributed by atoms with E-state index in [1.807, 2.05) is 24.3 Å². The predicted octanol–water partition coefficient (Wildman–Crippen LogP) is 3.11. The number of aryl methyl sites for hydroxylation is 1. The fraction of sp³-hybridized carbons (Fsp3) is 0.0556. The quantitative estimate of drug-likeness (QED) is 0.745. The van der Waals surface area contributed by atoms with Crippen molar-refractivity contribution in [2.45, 2.75) is 0 Å². The van der Waals surface area contributed by atoms with Gasteiger partial charge >= 0.3 is 5.56 Å². The van der Waals surface area contributed by atoms with Crippen LogP contribution < -0.4 is 10.3 Å². The van der Waals surface area contributed by atoms with Gasteiger partial charge in [0.05, 0.1) is 11.6 Å². The molecule has 0 fully saturated rings. The summed E-state index contributed by atoms with van der Waals surface area (Å²) in [6.45, 7) is 0. The highest BCUT2D eigenvalue weighted by Crippen LogP contribution is 2.24. The van der Waals surface area contributed by atoms with E-state index in [1.165, 1.54) is 10.8 Å². The maximum Gasteiger partial charge on any atom is 0.313 e. The predicted molar refractivity (Wildman–Crippen MR) is 86.1 cm³/mol. The second-order valence-corrected chi connectivity index (χ2v) is 4.96. The minimum absolute atomic E-state index is 0.0427. The largest absolute Gasteiger partial charge is 0.435 e. The Hall–Kier alpha value is -3.39. The van der Waals surface area contributed by atoms with Gasteiger partial charge in [-0.1, -0.05) is 24.3 Å². The molecule has 2 aromatic carbocycles. The van der Waals surface area contributed by atoms with Gasteiger partial charge in [-0.25, -0.2) is 4.98 Å². The van der Waals surface area contributed by atoms with Crippen LogP contribution in [0, 0.1) is 11.3 Å². The van der Waals surface area contributed by atoms with Gasteiger partial charge in [0, 0.05) is 19.4 Å². The van der Waals surface area contributed by atoms with E-state index in [9.17, 15) is 4.79 Å². The molecule has 0 bridgehead atoms. The molecule has 0 aliphatic rings. The van der Waals surface area contributed by atoms with Gasteiger partial charge in [-0.05, 0) is 35.4 Å². The molecule has 0 aliphatic heterocycles. The molecule has 1 heterocycles. The van der Waals surface area contributed by atoms with Crippen LogP contribution >= 0.6 is 0 Å². The summed E-state index contributed by atoms with van der Waals surface area (Å²) in [5.41, 5.74) is 2.34. The van der Waals surface area contributed by atoms with Gasteiger partial charge in [-0.3, -0.25) is 4.79 Å². The van der Waals surface area contributed by atoms with E-state index in [1.54, 1.807) is 37.5 Å². The Balaban J connectivity index is 1.83. The van der Waals surface area contributed by atoms with Crippen LogP contribution in [-0.4, -0.2) is 9.55 Å². The second-order valence-electron chi connectivity index (χ2n) is 4.96. The van der Waals surface area contributed by atoms with E-state index in [2.05, 4.69) is 11.1 Å². The zero-order valence-corrected chi connectivity index (χ0v) is 12.4. The lowest BCUT2D eigenvalue weighted by Gasteiger charge is -2.06. The van der Waals surface area contributed by atoms with Gasteiger partial charge < -0.3 is 9.30 Å². The van der Waals surface area contributed by atoms with Gasteiger partial charge in [0.25, 0.3) is 5.88 Å². The van der Waals surface area contributed by atoms with Gasteiger partial charge in [-0.2, -0.15) is 5.26 Å². The number of nitriles is 1.